The molecule has 11 heavy (non-hydrogen) atoms. The van der Waals surface area contributed by atoms with E-state index in [0.717, 1.165) is 11.7 Å². The Kier molecular flexibility index (Phi) is 3.82. The van der Waals surface area contributed by atoms with Gasteiger partial charge in [-0.15, -0.1) is 0 Å². The Morgan fingerprint density at radius 3 is 2.64 bits per heavy atom. The van der Waals surface area contributed by atoms with Gasteiger partial charge in [0.25, 0.3) is 0 Å². The molecule has 0 aromatic heterocycles. The first-order valence-corrected chi connectivity index (χ1v) is 5.03. The van der Waals surface area contributed by atoms with Gasteiger partial charge in [0, 0.05) is 0 Å². The van der Waals surface area contributed by atoms with Crippen LogP contribution >= 0.6 is 0 Å². The summed E-state index contributed by atoms with van der Waals surface area (Å²) in [7, 11) is 2.73. The Balaban J connectivity index is 2.40. The van der Waals surface area contributed by atoms with E-state index in [0.29, 0.717) is 0 Å². The zero-order valence-corrected chi connectivity index (χ0v) is 7.84. The van der Waals surface area contributed by atoms with Gasteiger partial charge in [-0.05, 0) is 18.8 Å². The highest BCUT2D eigenvalue weighted by Gasteiger charge is 2.19. The van der Waals surface area contributed by atoms with Crippen molar-refractivity contribution in [1.82, 2.24) is 0 Å². The van der Waals surface area contributed by atoms with Gasteiger partial charge in [0.15, 0.2) is 0 Å². The summed E-state index contributed by atoms with van der Waals surface area (Å²) >= 11 is 0. The van der Waals surface area contributed by atoms with Crippen molar-refractivity contribution in [3.8, 4) is 0 Å². The molecule has 0 saturated heterocycles. The topological polar surface area (TPSA) is 0 Å². The van der Waals surface area contributed by atoms with Crippen LogP contribution in [0.3, 0.4) is 0 Å². The lowest BCUT2D eigenvalue weighted by atomic mass is 9.53. The zero-order valence-electron chi connectivity index (χ0n) is 7.84. The molecule has 1 rings (SSSR count). The van der Waals surface area contributed by atoms with Gasteiger partial charge in [-0.25, -0.2) is 0 Å². The summed E-state index contributed by atoms with van der Waals surface area (Å²) in [6.07, 6.45) is 8.84. The van der Waals surface area contributed by atoms with Crippen LogP contribution in [0.5, 0.6) is 0 Å². The van der Waals surface area contributed by atoms with Gasteiger partial charge in [-0.2, -0.15) is 0 Å². The van der Waals surface area contributed by atoms with Crippen molar-refractivity contribution in [3.05, 3.63) is 12.2 Å². The Bertz CT molecular complexity index is 132. The Morgan fingerprint density at radius 1 is 1.27 bits per heavy atom. The molecule has 2 unspecified atom stereocenters. The van der Waals surface area contributed by atoms with E-state index < -0.39 is 0 Å². The monoisotopic (exact) mass is 148 g/mol. The lowest BCUT2D eigenvalue weighted by molar-refractivity contribution is 0.521. The SMILES string of the molecule is CBCC1CC=CCC1BC. The smallest absolute Gasteiger partial charge is 0.0893 e. The van der Waals surface area contributed by atoms with Crippen LogP contribution in [0.1, 0.15) is 12.8 Å². The van der Waals surface area contributed by atoms with Gasteiger partial charge in [0.1, 0.15) is 14.6 Å². The third-order valence-electron chi connectivity index (χ3n) is 2.89. The second kappa shape index (κ2) is 4.69. The summed E-state index contributed by atoms with van der Waals surface area (Å²) in [5.41, 5.74) is 0. The highest BCUT2D eigenvalue weighted by molar-refractivity contribution is 6.37. The van der Waals surface area contributed by atoms with Gasteiger partial charge in [0.2, 0.25) is 0 Å². The van der Waals surface area contributed by atoms with Crippen LogP contribution in [-0.2, 0) is 0 Å². The fourth-order valence-corrected chi connectivity index (χ4v) is 2.15. The van der Waals surface area contributed by atoms with Gasteiger partial charge in [-0.3, -0.25) is 0 Å². The predicted molar refractivity (Wildman–Crippen MR) is 56.4 cm³/mol. The summed E-state index contributed by atoms with van der Waals surface area (Å²) in [4.78, 5) is 0. The minimum absolute atomic E-state index is 0.986. The maximum atomic E-state index is 2.37. The molecule has 60 valence electrons. The molecule has 0 amide bonds. The molecule has 2 heteroatoms. The van der Waals surface area contributed by atoms with Crippen molar-refractivity contribution in [3.63, 3.8) is 0 Å². The second-order valence-electron chi connectivity index (χ2n) is 3.66. The Morgan fingerprint density at radius 2 is 2.00 bits per heavy atom. The average Bonchev–Trinajstić information content (AvgIpc) is 2.06. The molecular weight excluding hydrogens is 130 g/mol. The number of allylic oxidation sites excluding steroid dienone is 2. The summed E-state index contributed by atoms with van der Waals surface area (Å²) in [5, 5.41) is 0. The summed E-state index contributed by atoms with van der Waals surface area (Å²) in [6.45, 7) is 4.62. The molecule has 0 aliphatic heterocycles. The maximum absolute atomic E-state index is 2.37. The van der Waals surface area contributed by atoms with E-state index >= 15 is 0 Å². The largest absolute Gasteiger partial charge is 0.121 e. The molecule has 0 bridgehead atoms. The molecular formula is C9H18B2. The van der Waals surface area contributed by atoms with E-state index in [1.807, 2.05) is 0 Å². The molecule has 0 saturated carbocycles. The van der Waals surface area contributed by atoms with Crippen molar-refractivity contribution >= 4 is 14.6 Å². The number of hydrogen-bond acceptors (Lipinski definition) is 0. The van der Waals surface area contributed by atoms with Gasteiger partial charge >= 0.3 is 0 Å². The molecule has 0 spiro atoms. The van der Waals surface area contributed by atoms with E-state index in [1.165, 1.54) is 33.7 Å². The molecule has 0 nitrogen and oxygen atoms in total. The first-order valence-electron chi connectivity index (χ1n) is 5.03. The first kappa shape index (κ1) is 8.96. The van der Waals surface area contributed by atoms with Crippen LogP contribution in [0.4, 0.5) is 0 Å². The molecule has 1 aliphatic carbocycles. The van der Waals surface area contributed by atoms with Crippen LogP contribution in [0.2, 0.25) is 25.8 Å². The maximum Gasteiger partial charge on any atom is 0.121 e. The molecule has 0 fully saturated rings. The normalized spacial score (nSPS) is 30.0. The standard InChI is InChI=1S/C9H18B2/c1-10-7-8-5-3-4-6-9(8)11-2/h3-4,8-11H,5-7H2,1-2H3. The van der Waals surface area contributed by atoms with E-state index in [2.05, 4.69) is 25.8 Å². The van der Waals surface area contributed by atoms with Crippen LogP contribution in [0.25, 0.3) is 0 Å². The molecule has 0 N–H and O–H groups in total. The lowest BCUT2D eigenvalue weighted by Gasteiger charge is -2.26. The summed E-state index contributed by atoms with van der Waals surface area (Å²) in [6, 6.07) is 0. The lowest BCUT2D eigenvalue weighted by Crippen LogP contribution is -2.16. The minimum atomic E-state index is 0.986. The number of hydrogen-bond donors (Lipinski definition) is 0. The molecule has 1 aliphatic rings. The van der Waals surface area contributed by atoms with Crippen molar-refractivity contribution < 1.29 is 0 Å². The molecule has 0 heterocycles. The summed E-state index contributed by atoms with van der Waals surface area (Å²) < 4.78 is 0. The van der Waals surface area contributed by atoms with E-state index in [4.69, 9.17) is 0 Å². The number of rotatable bonds is 3. The van der Waals surface area contributed by atoms with Crippen molar-refractivity contribution in [2.75, 3.05) is 0 Å². The van der Waals surface area contributed by atoms with Crippen LogP contribution in [0, 0.1) is 5.92 Å². The first-order chi connectivity index (χ1) is 5.38. The highest BCUT2D eigenvalue weighted by atomic mass is 14.2. The average molecular weight is 148 g/mol. The van der Waals surface area contributed by atoms with Crippen LogP contribution in [0.15, 0.2) is 12.2 Å². The third kappa shape index (κ3) is 2.43. The zero-order chi connectivity index (χ0) is 8.10. The highest BCUT2D eigenvalue weighted by Crippen LogP contribution is 2.32. The Labute approximate surface area is 71.9 Å². The Hall–Kier alpha value is -0.130. The fourth-order valence-electron chi connectivity index (χ4n) is 2.15. The van der Waals surface area contributed by atoms with Crippen LogP contribution < -0.4 is 0 Å². The third-order valence-corrected chi connectivity index (χ3v) is 2.89. The van der Waals surface area contributed by atoms with Gasteiger partial charge in [-0.1, -0.05) is 37.9 Å². The van der Waals surface area contributed by atoms with Crippen LogP contribution in [-0.4, -0.2) is 14.6 Å². The van der Waals surface area contributed by atoms with Crippen molar-refractivity contribution in [2.45, 2.75) is 38.6 Å². The summed E-state index contributed by atoms with van der Waals surface area (Å²) in [5.74, 6) is 1.98. The molecule has 2 atom stereocenters. The molecule has 0 aromatic carbocycles. The van der Waals surface area contributed by atoms with Crippen molar-refractivity contribution in [1.29, 1.82) is 0 Å². The quantitative estimate of drug-likeness (QED) is 0.424. The van der Waals surface area contributed by atoms with E-state index in [9.17, 15) is 0 Å². The molecule has 0 radical (unpaired) electrons. The van der Waals surface area contributed by atoms with Gasteiger partial charge in [0.05, 0.1) is 0 Å². The predicted octanol–water partition coefficient (Wildman–Crippen LogP) is 2.13. The second-order valence-corrected chi connectivity index (χ2v) is 3.66. The molecule has 0 aromatic rings. The van der Waals surface area contributed by atoms with Gasteiger partial charge < -0.3 is 0 Å². The van der Waals surface area contributed by atoms with Crippen molar-refractivity contribution in [2.24, 2.45) is 5.92 Å². The minimum Gasteiger partial charge on any atom is -0.0893 e. The fraction of sp³-hybridized carbons (Fsp3) is 0.778. The van der Waals surface area contributed by atoms with E-state index in [-0.39, 0.29) is 0 Å². The van der Waals surface area contributed by atoms with E-state index in [1.54, 1.807) is 0 Å².